The predicted octanol–water partition coefficient (Wildman–Crippen LogP) is 0.912. The quantitative estimate of drug-likeness (QED) is 0.735. The molecule has 4 N–H and O–H groups in total. The molecule has 1 heterocycles. The first-order chi connectivity index (χ1) is 11.4. The van der Waals surface area contributed by atoms with Gasteiger partial charge in [0.15, 0.2) is 0 Å². The van der Waals surface area contributed by atoms with Crippen molar-refractivity contribution in [2.75, 3.05) is 26.2 Å². The highest BCUT2D eigenvalue weighted by atomic mass is 35.5. The highest BCUT2D eigenvalue weighted by Gasteiger charge is 2.29. The van der Waals surface area contributed by atoms with Crippen molar-refractivity contribution in [1.82, 2.24) is 15.5 Å². The second-order valence-corrected chi connectivity index (χ2v) is 6.72. The van der Waals surface area contributed by atoms with E-state index in [1.807, 2.05) is 38.1 Å². The van der Waals surface area contributed by atoms with Crippen LogP contribution in [0.25, 0.3) is 0 Å². The van der Waals surface area contributed by atoms with Crippen LogP contribution in [-0.4, -0.2) is 48.9 Å². The SMILES string of the molecule is CC(C)[C@H](N)C(=O)NCC(=O)N1CCNCC1c1ccccc1Cl. The van der Waals surface area contributed by atoms with E-state index < -0.39 is 6.04 Å². The van der Waals surface area contributed by atoms with Crippen LogP contribution in [0.1, 0.15) is 25.5 Å². The number of nitrogens with two attached hydrogens (primary N) is 1. The van der Waals surface area contributed by atoms with Gasteiger partial charge in [-0.3, -0.25) is 9.59 Å². The van der Waals surface area contributed by atoms with Crippen molar-refractivity contribution in [3.8, 4) is 0 Å². The number of benzene rings is 1. The van der Waals surface area contributed by atoms with E-state index in [9.17, 15) is 9.59 Å². The summed E-state index contributed by atoms with van der Waals surface area (Å²) in [5.74, 6) is -0.413. The van der Waals surface area contributed by atoms with Crippen molar-refractivity contribution in [3.63, 3.8) is 0 Å². The number of carbonyl (C=O) groups is 2. The minimum absolute atomic E-state index is 0.0233. The van der Waals surface area contributed by atoms with Gasteiger partial charge in [-0.15, -0.1) is 0 Å². The lowest BCUT2D eigenvalue weighted by Gasteiger charge is -2.37. The van der Waals surface area contributed by atoms with Crippen LogP contribution in [0.4, 0.5) is 0 Å². The molecule has 2 atom stereocenters. The zero-order valence-electron chi connectivity index (χ0n) is 14.1. The Morgan fingerprint density at radius 1 is 1.42 bits per heavy atom. The van der Waals surface area contributed by atoms with Crippen molar-refractivity contribution in [2.45, 2.75) is 25.9 Å². The predicted molar refractivity (Wildman–Crippen MR) is 94.6 cm³/mol. The van der Waals surface area contributed by atoms with Crippen molar-refractivity contribution in [2.24, 2.45) is 11.7 Å². The van der Waals surface area contributed by atoms with E-state index in [0.29, 0.717) is 24.7 Å². The van der Waals surface area contributed by atoms with E-state index in [-0.39, 0.29) is 30.3 Å². The average Bonchev–Trinajstić information content (AvgIpc) is 2.59. The van der Waals surface area contributed by atoms with Gasteiger partial charge in [-0.1, -0.05) is 43.6 Å². The summed E-state index contributed by atoms with van der Waals surface area (Å²) in [6, 6.07) is 6.75. The highest BCUT2D eigenvalue weighted by Crippen LogP contribution is 2.28. The molecule has 1 aliphatic heterocycles. The second-order valence-electron chi connectivity index (χ2n) is 6.32. The molecule has 24 heavy (non-hydrogen) atoms. The van der Waals surface area contributed by atoms with Crippen LogP contribution in [0.5, 0.6) is 0 Å². The molecule has 0 aliphatic carbocycles. The third kappa shape index (κ3) is 4.47. The number of rotatable bonds is 5. The molecule has 6 nitrogen and oxygen atoms in total. The molecule has 1 aliphatic rings. The van der Waals surface area contributed by atoms with Gasteiger partial charge in [0.1, 0.15) is 0 Å². The van der Waals surface area contributed by atoms with Gasteiger partial charge < -0.3 is 21.3 Å². The molecule has 0 bridgehead atoms. The Kier molecular flexibility index (Phi) is 6.60. The number of hydrogen-bond donors (Lipinski definition) is 3. The summed E-state index contributed by atoms with van der Waals surface area (Å²) in [7, 11) is 0. The lowest BCUT2D eigenvalue weighted by Crippen LogP contribution is -2.53. The number of amides is 2. The maximum absolute atomic E-state index is 12.6. The van der Waals surface area contributed by atoms with E-state index in [4.69, 9.17) is 17.3 Å². The van der Waals surface area contributed by atoms with Crippen LogP contribution in [0, 0.1) is 5.92 Å². The Balaban J connectivity index is 2.04. The van der Waals surface area contributed by atoms with Gasteiger partial charge in [-0.2, -0.15) is 0 Å². The number of piperazine rings is 1. The van der Waals surface area contributed by atoms with Crippen LogP contribution >= 0.6 is 11.6 Å². The molecule has 7 heteroatoms. The molecule has 1 saturated heterocycles. The molecule has 2 amide bonds. The second kappa shape index (κ2) is 8.46. The van der Waals surface area contributed by atoms with E-state index >= 15 is 0 Å². The van der Waals surface area contributed by atoms with Crippen molar-refractivity contribution < 1.29 is 9.59 Å². The van der Waals surface area contributed by atoms with Gasteiger partial charge in [0.05, 0.1) is 18.6 Å². The molecular formula is C17H25ClN4O2. The number of nitrogens with zero attached hydrogens (tertiary/aromatic N) is 1. The van der Waals surface area contributed by atoms with Gasteiger partial charge in [0.25, 0.3) is 0 Å². The van der Waals surface area contributed by atoms with Gasteiger partial charge in [0, 0.05) is 24.7 Å². The largest absolute Gasteiger partial charge is 0.346 e. The fourth-order valence-corrected chi connectivity index (χ4v) is 2.97. The molecule has 0 aromatic heterocycles. The molecule has 0 saturated carbocycles. The van der Waals surface area contributed by atoms with Crippen LogP contribution in [0.2, 0.25) is 5.02 Å². The molecule has 0 spiro atoms. The zero-order valence-corrected chi connectivity index (χ0v) is 14.8. The van der Waals surface area contributed by atoms with Gasteiger partial charge in [0.2, 0.25) is 11.8 Å². The van der Waals surface area contributed by atoms with E-state index in [1.165, 1.54) is 0 Å². The first kappa shape index (κ1) is 18.7. The van der Waals surface area contributed by atoms with Gasteiger partial charge in [-0.25, -0.2) is 0 Å². The van der Waals surface area contributed by atoms with Gasteiger partial charge in [-0.05, 0) is 17.5 Å². The number of halogens is 1. The standard InChI is InChI=1S/C17H25ClN4O2/c1-11(2)16(19)17(24)21-10-15(23)22-8-7-20-9-14(22)12-5-3-4-6-13(12)18/h3-6,11,14,16,20H,7-10,19H2,1-2H3,(H,21,24)/t14?,16-/m0/s1. The van der Waals surface area contributed by atoms with Crippen LogP contribution in [0.3, 0.4) is 0 Å². The third-order valence-corrected chi connectivity index (χ3v) is 4.61. The average molecular weight is 353 g/mol. The lowest BCUT2D eigenvalue weighted by atomic mass is 10.0. The Morgan fingerprint density at radius 2 is 2.12 bits per heavy atom. The van der Waals surface area contributed by atoms with Crippen LogP contribution < -0.4 is 16.4 Å². The maximum Gasteiger partial charge on any atom is 0.242 e. The number of hydrogen-bond acceptors (Lipinski definition) is 4. The molecule has 132 valence electrons. The molecule has 2 rings (SSSR count). The van der Waals surface area contributed by atoms with Crippen molar-refractivity contribution >= 4 is 23.4 Å². The molecule has 1 fully saturated rings. The minimum Gasteiger partial charge on any atom is -0.346 e. The molecular weight excluding hydrogens is 328 g/mol. The summed E-state index contributed by atoms with van der Waals surface area (Å²) >= 11 is 6.28. The summed E-state index contributed by atoms with van der Waals surface area (Å²) in [6.07, 6.45) is 0. The van der Waals surface area contributed by atoms with E-state index in [1.54, 1.807) is 4.90 Å². The molecule has 1 unspecified atom stereocenters. The molecule has 1 aromatic carbocycles. The monoisotopic (exact) mass is 352 g/mol. The topological polar surface area (TPSA) is 87.5 Å². The Morgan fingerprint density at radius 3 is 2.79 bits per heavy atom. The van der Waals surface area contributed by atoms with E-state index in [0.717, 1.165) is 5.56 Å². The van der Waals surface area contributed by atoms with E-state index in [2.05, 4.69) is 10.6 Å². The third-order valence-electron chi connectivity index (χ3n) is 4.26. The fraction of sp³-hybridized carbons (Fsp3) is 0.529. The summed E-state index contributed by atoms with van der Waals surface area (Å²) in [6.45, 7) is 5.60. The first-order valence-corrected chi connectivity index (χ1v) is 8.57. The first-order valence-electron chi connectivity index (χ1n) is 8.19. The van der Waals surface area contributed by atoms with Crippen molar-refractivity contribution in [1.29, 1.82) is 0 Å². The minimum atomic E-state index is -0.611. The Labute approximate surface area is 147 Å². The van der Waals surface area contributed by atoms with Crippen molar-refractivity contribution in [3.05, 3.63) is 34.9 Å². The highest BCUT2D eigenvalue weighted by molar-refractivity contribution is 6.31. The zero-order chi connectivity index (χ0) is 17.7. The number of carbonyl (C=O) groups excluding carboxylic acids is 2. The summed E-state index contributed by atoms with van der Waals surface area (Å²) in [5.41, 5.74) is 6.71. The molecule has 0 radical (unpaired) electrons. The number of nitrogens with one attached hydrogen (secondary N) is 2. The Hall–Kier alpha value is -1.63. The summed E-state index contributed by atoms with van der Waals surface area (Å²) < 4.78 is 0. The van der Waals surface area contributed by atoms with Gasteiger partial charge >= 0.3 is 0 Å². The Bertz CT molecular complexity index is 594. The molecule has 1 aromatic rings. The normalized spacial score (nSPS) is 19.2. The lowest BCUT2D eigenvalue weighted by molar-refractivity contribution is -0.136. The summed E-state index contributed by atoms with van der Waals surface area (Å²) in [5, 5.41) is 6.56. The smallest absolute Gasteiger partial charge is 0.242 e. The summed E-state index contributed by atoms with van der Waals surface area (Å²) in [4.78, 5) is 26.3. The fourth-order valence-electron chi connectivity index (χ4n) is 2.71. The van der Waals surface area contributed by atoms with Crippen LogP contribution in [-0.2, 0) is 9.59 Å². The van der Waals surface area contributed by atoms with Crippen LogP contribution in [0.15, 0.2) is 24.3 Å². The maximum atomic E-state index is 12.6.